The summed E-state index contributed by atoms with van der Waals surface area (Å²) in [5.41, 5.74) is 1.66. The van der Waals surface area contributed by atoms with Gasteiger partial charge in [0.2, 0.25) is 0 Å². The monoisotopic (exact) mass is 380 g/mol. The van der Waals surface area contributed by atoms with E-state index in [2.05, 4.69) is 31.9 Å². The first-order valence-electron chi connectivity index (χ1n) is 5.89. The molecule has 2 aromatic carbocycles. The van der Waals surface area contributed by atoms with Crippen LogP contribution in [-0.2, 0) is 0 Å². The maximum absolute atomic E-state index is 12.2. The Morgan fingerprint density at radius 3 is 2.68 bits per heavy atom. The molecular formula is C15H10Br2O2. The van der Waals surface area contributed by atoms with Crippen LogP contribution in [0.3, 0.4) is 0 Å². The summed E-state index contributed by atoms with van der Waals surface area (Å²) in [7, 11) is 0. The molecule has 0 radical (unpaired) electrons. The predicted molar refractivity (Wildman–Crippen MR) is 80.6 cm³/mol. The molecule has 0 saturated carbocycles. The Hall–Kier alpha value is -1.13. The Labute approximate surface area is 128 Å². The second-order valence-electron chi connectivity index (χ2n) is 4.40. The van der Waals surface area contributed by atoms with E-state index in [1.165, 1.54) is 0 Å². The second-order valence-corrected chi connectivity index (χ2v) is 6.17. The van der Waals surface area contributed by atoms with Crippen LogP contribution in [0.2, 0.25) is 0 Å². The van der Waals surface area contributed by atoms with Crippen LogP contribution in [0.5, 0.6) is 5.75 Å². The first-order chi connectivity index (χ1) is 9.15. The number of carbonyl (C=O) groups is 1. The van der Waals surface area contributed by atoms with E-state index in [1.54, 1.807) is 6.07 Å². The highest BCUT2D eigenvalue weighted by Crippen LogP contribution is 2.38. The Kier molecular flexibility index (Phi) is 3.46. The summed E-state index contributed by atoms with van der Waals surface area (Å²) < 4.78 is 7.84. The number of ketones is 1. The molecule has 0 aliphatic carbocycles. The highest BCUT2D eigenvalue weighted by molar-refractivity contribution is 9.10. The zero-order valence-electron chi connectivity index (χ0n) is 9.90. The van der Waals surface area contributed by atoms with Crippen LogP contribution in [-0.4, -0.2) is 5.78 Å². The molecule has 2 aromatic rings. The van der Waals surface area contributed by atoms with Crippen molar-refractivity contribution in [2.75, 3.05) is 0 Å². The summed E-state index contributed by atoms with van der Waals surface area (Å²) in [6.45, 7) is 0. The van der Waals surface area contributed by atoms with Crippen molar-refractivity contribution in [1.29, 1.82) is 0 Å². The molecule has 96 valence electrons. The van der Waals surface area contributed by atoms with Gasteiger partial charge in [0.05, 0.1) is 12.0 Å². The second kappa shape index (κ2) is 5.10. The van der Waals surface area contributed by atoms with E-state index in [0.717, 1.165) is 14.5 Å². The van der Waals surface area contributed by atoms with Gasteiger partial charge >= 0.3 is 0 Å². The summed E-state index contributed by atoms with van der Waals surface area (Å²) in [6.07, 6.45) is 0.141. The Balaban J connectivity index is 2.01. The number of rotatable bonds is 1. The summed E-state index contributed by atoms with van der Waals surface area (Å²) in [4.78, 5) is 12.2. The zero-order valence-corrected chi connectivity index (χ0v) is 13.1. The third-order valence-electron chi connectivity index (χ3n) is 3.14. The Bertz CT molecular complexity index is 652. The van der Waals surface area contributed by atoms with Crippen molar-refractivity contribution in [3.63, 3.8) is 0 Å². The highest BCUT2D eigenvalue weighted by Gasteiger charge is 2.28. The number of ether oxygens (including phenoxy) is 1. The van der Waals surface area contributed by atoms with Crippen LogP contribution in [0.4, 0.5) is 0 Å². The molecule has 0 fully saturated rings. The highest BCUT2D eigenvalue weighted by atomic mass is 79.9. The van der Waals surface area contributed by atoms with Crippen LogP contribution >= 0.6 is 31.9 Å². The largest absolute Gasteiger partial charge is 0.484 e. The van der Waals surface area contributed by atoms with Crippen LogP contribution in [0.1, 0.15) is 28.4 Å². The topological polar surface area (TPSA) is 26.3 Å². The lowest BCUT2D eigenvalue weighted by Crippen LogP contribution is -2.20. The number of carbonyl (C=O) groups excluding carboxylic acids is 1. The van der Waals surface area contributed by atoms with Crippen molar-refractivity contribution in [1.82, 2.24) is 0 Å². The number of benzene rings is 2. The fourth-order valence-corrected chi connectivity index (χ4v) is 3.09. The molecule has 0 amide bonds. The van der Waals surface area contributed by atoms with E-state index in [1.807, 2.05) is 36.4 Å². The van der Waals surface area contributed by atoms with Gasteiger partial charge in [0.15, 0.2) is 5.78 Å². The maximum atomic E-state index is 12.2. The Morgan fingerprint density at radius 2 is 1.89 bits per heavy atom. The average molecular weight is 382 g/mol. The average Bonchev–Trinajstić information content (AvgIpc) is 2.38. The molecule has 0 N–H and O–H groups in total. The molecule has 1 unspecified atom stereocenters. The lowest BCUT2D eigenvalue weighted by Gasteiger charge is -2.26. The molecule has 1 aliphatic heterocycles. The first kappa shape index (κ1) is 12.9. The standard InChI is InChI=1S/C15H10Br2O2/c16-9-5-6-11-13(18)8-15(19-14(11)7-9)10-3-1-2-4-12(10)17/h1-7,15H,8H2. The van der Waals surface area contributed by atoms with Gasteiger partial charge in [-0.1, -0.05) is 50.1 Å². The SMILES string of the molecule is O=C1CC(c2ccccc2Br)Oc2cc(Br)ccc21. The molecule has 0 spiro atoms. The molecule has 1 heterocycles. The minimum absolute atomic E-state index is 0.120. The number of hydrogen-bond donors (Lipinski definition) is 0. The minimum atomic E-state index is -0.232. The van der Waals surface area contributed by atoms with Gasteiger partial charge in [0.1, 0.15) is 11.9 Å². The van der Waals surface area contributed by atoms with Crippen molar-refractivity contribution in [3.8, 4) is 5.75 Å². The molecule has 0 saturated heterocycles. The van der Waals surface area contributed by atoms with Gasteiger partial charge in [-0.2, -0.15) is 0 Å². The Morgan fingerprint density at radius 1 is 1.11 bits per heavy atom. The minimum Gasteiger partial charge on any atom is -0.484 e. The number of fused-ring (bicyclic) bond motifs is 1. The third kappa shape index (κ3) is 2.47. The van der Waals surface area contributed by atoms with Gasteiger partial charge in [-0.25, -0.2) is 0 Å². The number of Topliss-reactive ketones (excluding diaryl/α,β-unsaturated/α-hetero) is 1. The smallest absolute Gasteiger partial charge is 0.170 e. The van der Waals surface area contributed by atoms with E-state index in [-0.39, 0.29) is 11.9 Å². The van der Waals surface area contributed by atoms with Crippen molar-refractivity contribution < 1.29 is 9.53 Å². The summed E-state index contributed by atoms with van der Waals surface area (Å²) >= 11 is 6.91. The summed E-state index contributed by atoms with van der Waals surface area (Å²) in [6, 6.07) is 13.3. The lowest BCUT2D eigenvalue weighted by atomic mass is 9.96. The van der Waals surface area contributed by atoms with Crippen LogP contribution in [0.25, 0.3) is 0 Å². The quantitative estimate of drug-likeness (QED) is 0.700. The van der Waals surface area contributed by atoms with Gasteiger partial charge < -0.3 is 4.74 Å². The van der Waals surface area contributed by atoms with Crippen molar-refractivity contribution in [2.45, 2.75) is 12.5 Å². The van der Waals surface area contributed by atoms with E-state index < -0.39 is 0 Å². The van der Waals surface area contributed by atoms with Gasteiger partial charge in [0.25, 0.3) is 0 Å². The van der Waals surface area contributed by atoms with Gasteiger partial charge in [-0.15, -0.1) is 0 Å². The fourth-order valence-electron chi connectivity index (χ4n) is 2.21. The van der Waals surface area contributed by atoms with Gasteiger partial charge in [0, 0.05) is 14.5 Å². The van der Waals surface area contributed by atoms with E-state index in [4.69, 9.17) is 4.74 Å². The summed E-state index contributed by atoms with van der Waals surface area (Å²) in [5, 5.41) is 0. The normalized spacial score (nSPS) is 17.8. The zero-order chi connectivity index (χ0) is 13.4. The fraction of sp³-hybridized carbons (Fsp3) is 0.133. The third-order valence-corrected chi connectivity index (χ3v) is 4.35. The van der Waals surface area contributed by atoms with Crippen LogP contribution < -0.4 is 4.74 Å². The van der Waals surface area contributed by atoms with E-state index >= 15 is 0 Å². The van der Waals surface area contributed by atoms with Crippen molar-refractivity contribution >= 4 is 37.6 Å². The molecular weight excluding hydrogens is 372 g/mol. The van der Waals surface area contributed by atoms with E-state index in [0.29, 0.717) is 17.7 Å². The van der Waals surface area contributed by atoms with Gasteiger partial charge in [-0.05, 0) is 24.3 Å². The molecule has 2 nitrogen and oxygen atoms in total. The molecule has 4 heteroatoms. The predicted octanol–water partition coefficient (Wildman–Crippen LogP) is 4.92. The van der Waals surface area contributed by atoms with E-state index in [9.17, 15) is 4.79 Å². The van der Waals surface area contributed by atoms with Gasteiger partial charge in [-0.3, -0.25) is 4.79 Å². The van der Waals surface area contributed by atoms with Crippen LogP contribution in [0.15, 0.2) is 51.4 Å². The van der Waals surface area contributed by atoms with Crippen LogP contribution in [0, 0.1) is 0 Å². The van der Waals surface area contributed by atoms with Crippen molar-refractivity contribution in [2.24, 2.45) is 0 Å². The number of halogens is 2. The summed E-state index contributed by atoms with van der Waals surface area (Å²) in [5.74, 6) is 0.765. The molecule has 1 atom stereocenters. The molecule has 19 heavy (non-hydrogen) atoms. The molecule has 3 rings (SSSR count). The molecule has 1 aliphatic rings. The first-order valence-corrected chi connectivity index (χ1v) is 7.47. The van der Waals surface area contributed by atoms with Crippen molar-refractivity contribution in [3.05, 3.63) is 62.5 Å². The maximum Gasteiger partial charge on any atom is 0.170 e. The number of hydrogen-bond acceptors (Lipinski definition) is 2. The molecule has 0 aromatic heterocycles. The molecule has 0 bridgehead atoms. The lowest BCUT2D eigenvalue weighted by molar-refractivity contribution is 0.0849.